The molecule has 0 saturated carbocycles. The van der Waals surface area contributed by atoms with Gasteiger partial charge in [0, 0.05) is 29.0 Å². The molecule has 34 heavy (non-hydrogen) atoms. The molecule has 0 spiro atoms. The lowest BCUT2D eigenvalue weighted by molar-refractivity contribution is -0.162. The lowest BCUT2D eigenvalue weighted by Gasteiger charge is -2.53. The Morgan fingerprint density at radius 2 is 1.88 bits per heavy atom. The quantitative estimate of drug-likeness (QED) is 0.383. The summed E-state index contributed by atoms with van der Waals surface area (Å²) in [5, 5.41) is 1.32. The number of ether oxygens (including phenoxy) is 1. The fraction of sp³-hybridized carbons (Fsp3) is 0.500. The van der Waals surface area contributed by atoms with E-state index in [1.807, 2.05) is 49.4 Å². The summed E-state index contributed by atoms with van der Waals surface area (Å²) < 4.78 is 6.22. The predicted octanol–water partition coefficient (Wildman–Crippen LogP) is 6.99. The van der Waals surface area contributed by atoms with E-state index in [1.165, 1.54) is 0 Å². The van der Waals surface area contributed by atoms with Crippen LogP contribution in [0.25, 0.3) is 0 Å². The predicted molar refractivity (Wildman–Crippen MR) is 136 cm³/mol. The van der Waals surface area contributed by atoms with Crippen molar-refractivity contribution in [1.82, 2.24) is 4.90 Å². The van der Waals surface area contributed by atoms with E-state index in [0.29, 0.717) is 16.5 Å². The molecule has 0 N–H and O–H groups in total. The second-order valence-electron chi connectivity index (χ2n) is 9.89. The molecule has 2 aromatic carbocycles. The average molecular weight is 502 g/mol. The normalized spacial score (nSPS) is 28.5. The highest BCUT2D eigenvalue weighted by molar-refractivity contribution is 6.30. The van der Waals surface area contributed by atoms with E-state index < -0.39 is 5.41 Å². The van der Waals surface area contributed by atoms with E-state index in [4.69, 9.17) is 27.9 Å². The SMILES string of the molecule is CC[C@@H](C1CCCCO1)N1C(=O)[C@@](C)(CC=O)C[C@H](c2cccc(Cl)c2)[C@H]1c1ccc(Cl)cc1. The summed E-state index contributed by atoms with van der Waals surface area (Å²) in [6.07, 6.45) is 5.48. The number of carbonyl (C=O) groups excluding carboxylic acids is 2. The van der Waals surface area contributed by atoms with Crippen molar-refractivity contribution in [3.05, 3.63) is 69.7 Å². The monoisotopic (exact) mass is 501 g/mol. The van der Waals surface area contributed by atoms with Gasteiger partial charge in [0.2, 0.25) is 5.91 Å². The van der Waals surface area contributed by atoms with Crippen LogP contribution in [0.15, 0.2) is 48.5 Å². The summed E-state index contributed by atoms with van der Waals surface area (Å²) in [5.41, 5.74) is 1.31. The van der Waals surface area contributed by atoms with Gasteiger partial charge in [0.15, 0.2) is 0 Å². The maximum absolute atomic E-state index is 14.2. The summed E-state index contributed by atoms with van der Waals surface area (Å²) in [7, 11) is 0. The van der Waals surface area contributed by atoms with Gasteiger partial charge in [-0.15, -0.1) is 0 Å². The molecule has 2 fully saturated rings. The number of piperidine rings is 1. The first-order chi connectivity index (χ1) is 16.4. The fourth-order valence-electron chi connectivity index (χ4n) is 5.83. The van der Waals surface area contributed by atoms with E-state index in [2.05, 4.69) is 17.9 Å². The van der Waals surface area contributed by atoms with Gasteiger partial charge in [0.1, 0.15) is 6.29 Å². The van der Waals surface area contributed by atoms with Gasteiger partial charge < -0.3 is 14.4 Å². The first-order valence-corrected chi connectivity index (χ1v) is 13.0. The number of aldehydes is 1. The van der Waals surface area contributed by atoms with Gasteiger partial charge in [-0.3, -0.25) is 4.79 Å². The van der Waals surface area contributed by atoms with Crippen LogP contribution in [0.5, 0.6) is 0 Å². The highest BCUT2D eigenvalue weighted by Crippen LogP contribution is 2.52. The molecule has 1 unspecified atom stereocenters. The van der Waals surface area contributed by atoms with Crippen LogP contribution in [-0.2, 0) is 14.3 Å². The molecular formula is C28H33Cl2NO3. The van der Waals surface area contributed by atoms with Gasteiger partial charge in [-0.1, -0.05) is 61.3 Å². The smallest absolute Gasteiger partial charge is 0.229 e. The zero-order chi connectivity index (χ0) is 24.3. The van der Waals surface area contributed by atoms with Crippen LogP contribution in [-0.4, -0.2) is 35.8 Å². The molecule has 4 rings (SSSR count). The maximum Gasteiger partial charge on any atom is 0.229 e. The Kier molecular flexibility index (Phi) is 8.01. The van der Waals surface area contributed by atoms with Crippen molar-refractivity contribution in [3.8, 4) is 0 Å². The van der Waals surface area contributed by atoms with Crippen LogP contribution in [0.3, 0.4) is 0 Å². The van der Waals surface area contributed by atoms with Gasteiger partial charge >= 0.3 is 0 Å². The molecule has 1 amide bonds. The molecule has 0 bridgehead atoms. The van der Waals surface area contributed by atoms with Gasteiger partial charge in [0.25, 0.3) is 0 Å². The Labute approximate surface area is 212 Å². The lowest BCUT2D eigenvalue weighted by Crippen LogP contribution is -2.59. The largest absolute Gasteiger partial charge is 0.376 e. The van der Waals surface area contributed by atoms with Crippen LogP contribution >= 0.6 is 23.2 Å². The highest BCUT2D eigenvalue weighted by atomic mass is 35.5. The molecule has 2 aromatic rings. The molecule has 0 aromatic heterocycles. The standard InChI is InChI=1S/C28H33Cl2NO3/c1-3-24(25-9-4-5-16-34-25)31-26(19-10-12-21(29)13-11-19)23(20-7-6-8-22(30)17-20)18-28(2,14-15-32)27(31)33/h6-8,10-13,15,17,23-26H,3-5,9,14,16,18H2,1-2H3/t23-,24+,25?,26-,28+/m1/s1. The van der Waals surface area contributed by atoms with Crippen molar-refractivity contribution in [2.75, 3.05) is 6.61 Å². The number of likely N-dealkylation sites (tertiary alicyclic amines) is 1. The Morgan fingerprint density at radius 3 is 2.50 bits per heavy atom. The Balaban J connectivity index is 1.88. The summed E-state index contributed by atoms with van der Waals surface area (Å²) in [4.78, 5) is 28.0. The van der Waals surface area contributed by atoms with Crippen LogP contribution in [0.4, 0.5) is 0 Å². The number of carbonyl (C=O) groups is 2. The number of hydrogen-bond acceptors (Lipinski definition) is 3. The number of benzene rings is 2. The van der Waals surface area contributed by atoms with Gasteiger partial charge in [-0.05, 0) is 67.5 Å². The van der Waals surface area contributed by atoms with Gasteiger partial charge in [0.05, 0.1) is 23.6 Å². The van der Waals surface area contributed by atoms with E-state index >= 15 is 0 Å². The van der Waals surface area contributed by atoms with E-state index in [-0.39, 0.29) is 36.4 Å². The van der Waals surface area contributed by atoms with Crippen molar-refractivity contribution in [2.45, 2.75) is 76.5 Å². The summed E-state index contributed by atoms with van der Waals surface area (Å²) in [5.74, 6) is -0.000910. The summed E-state index contributed by atoms with van der Waals surface area (Å²) in [6.45, 7) is 4.77. The van der Waals surface area contributed by atoms with E-state index in [0.717, 1.165) is 49.7 Å². The molecule has 0 radical (unpaired) electrons. The third-order valence-corrected chi connectivity index (χ3v) is 8.03. The van der Waals surface area contributed by atoms with Crippen LogP contribution in [0, 0.1) is 5.41 Å². The molecule has 4 nitrogen and oxygen atoms in total. The minimum atomic E-state index is -0.792. The number of rotatable bonds is 7. The second kappa shape index (κ2) is 10.8. The maximum atomic E-state index is 14.2. The zero-order valence-electron chi connectivity index (χ0n) is 19.9. The number of halogens is 2. The van der Waals surface area contributed by atoms with Gasteiger partial charge in [-0.2, -0.15) is 0 Å². The number of amides is 1. The number of hydrogen-bond donors (Lipinski definition) is 0. The third kappa shape index (κ3) is 5.05. The molecule has 2 aliphatic rings. The summed E-state index contributed by atoms with van der Waals surface area (Å²) >= 11 is 12.6. The average Bonchev–Trinajstić information content (AvgIpc) is 2.84. The molecule has 5 atom stereocenters. The van der Waals surface area contributed by atoms with Crippen molar-refractivity contribution in [1.29, 1.82) is 0 Å². The van der Waals surface area contributed by atoms with Crippen LogP contribution < -0.4 is 0 Å². The molecular weight excluding hydrogens is 469 g/mol. The minimum Gasteiger partial charge on any atom is -0.376 e. The van der Waals surface area contributed by atoms with Crippen LogP contribution in [0.1, 0.15) is 75.5 Å². The third-order valence-electron chi connectivity index (χ3n) is 7.54. The van der Waals surface area contributed by atoms with Crippen molar-refractivity contribution in [3.63, 3.8) is 0 Å². The highest BCUT2D eigenvalue weighted by Gasteiger charge is 2.52. The zero-order valence-corrected chi connectivity index (χ0v) is 21.4. The fourth-order valence-corrected chi connectivity index (χ4v) is 6.15. The van der Waals surface area contributed by atoms with Crippen molar-refractivity contribution < 1.29 is 14.3 Å². The Morgan fingerprint density at radius 1 is 1.12 bits per heavy atom. The first-order valence-electron chi connectivity index (χ1n) is 12.3. The lowest BCUT2D eigenvalue weighted by atomic mass is 9.67. The minimum absolute atomic E-state index is 0.0175. The topological polar surface area (TPSA) is 46.6 Å². The number of nitrogens with zero attached hydrogens (tertiary/aromatic N) is 1. The Hall–Kier alpha value is -1.88. The van der Waals surface area contributed by atoms with E-state index in [9.17, 15) is 9.59 Å². The first kappa shape index (κ1) is 25.2. The second-order valence-corrected chi connectivity index (χ2v) is 10.8. The van der Waals surface area contributed by atoms with Crippen molar-refractivity contribution in [2.24, 2.45) is 5.41 Å². The molecule has 182 valence electrons. The molecule has 2 aliphatic heterocycles. The molecule has 6 heteroatoms. The molecule has 2 heterocycles. The molecule has 2 saturated heterocycles. The Bertz CT molecular complexity index is 1000. The molecule has 0 aliphatic carbocycles. The van der Waals surface area contributed by atoms with Crippen LogP contribution in [0.2, 0.25) is 10.0 Å². The van der Waals surface area contributed by atoms with E-state index in [1.54, 1.807) is 0 Å². The summed E-state index contributed by atoms with van der Waals surface area (Å²) in [6, 6.07) is 15.4. The van der Waals surface area contributed by atoms with Crippen molar-refractivity contribution >= 4 is 35.4 Å². The van der Waals surface area contributed by atoms with Gasteiger partial charge in [-0.25, -0.2) is 0 Å².